The molecule has 0 spiro atoms. The van der Waals surface area contributed by atoms with Crippen LogP contribution in [0.15, 0.2) is 48.8 Å². The van der Waals surface area contributed by atoms with Gasteiger partial charge in [0.15, 0.2) is 0 Å². The smallest absolute Gasteiger partial charge is 0.272 e. The molecule has 1 atom stereocenters. The molecular formula is C19H21N5O. The summed E-state index contributed by atoms with van der Waals surface area (Å²) in [4.78, 5) is 14.9. The van der Waals surface area contributed by atoms with Gasteiger partial charge in [-0.05, 0) is 37.5 Å². The van der Waals surface area contributed by atoms with E-state index >= 15 is 0 Å². The molecule has 6 heteroatoms. The molecule has 1 aromatic carbocycles. The summed E-state index contributed by atoms with van der Waals surface area (Å²) in [5, 5.41) is 11.5. The Morgan fingerprint density at radius 2 is 2.20 bits per heavy atom. The third-order valence-electron chi connectivity index (χ3n) is 4.82. The van der Waals surface area contributed by atoms with Crippen molar-refractivity contribution in [2.24, 2.45) is 0 Å². The number of nitrogens with zero attached hydrogens (tertiary/aromatic N) is 4. The van der Waals surface area contributed by atoms with E-state index in [9.17, 15) is 4.79 Å². The molecule has 3 aromatic rings. The average Bonchev–Trinajstić information content (AvgIpc) is 3.37. The lowest BCUT2D eigenvalue weighted by atomic mass is 10.1. The molecule has 0 unspecified atom stereocenters. The van der Waals surface area contributed by atoms with E-state index in [-0.39, 0.29) is 11.9 Å². The van der Waals surface area contributed by atoms with Gasteiger partial charge in [-0.25, -0.2) is 0 Å². The number of aryl methyl sites for hydroxylation is 1. The molecule has 1 N–H and O–H groups in total. The summed E-state index contributed by atoms with van der Waals surface area (Å²) in [5.74, 6) is 0.0157. The standard InChI is InChI=1S/C19H21N5O/c1-14-6-2-3-8-16(14)17-12-18(22-21-17)19(25)24-11-4-7-15(24)13-23-10-5-9-20-23/h2-3,5-6,8-10,12,15H,4,7,11,13H2,1H3,(H,21,22)/t15-/m1/s1. The number of hydrogen-bond donors (Lipinski definition) is 1. The van der Waals surface area contributed by atoms with Crippen molar-refractivity contribution in [1.29, 1.82) is 0 Å². The number of rotatable bonds is 4. The number of hydrogen-bond acceptors (Lipinski definition) is 3. The number of aromatic amines is 1. The average molecular weight is 335 g/mol. The number of H-pyrrole nitrogens is 1. The van der Waals surface area contributed by atoms with Gasteiger partial charge in [0.05, 0.1) is 18.3 Å². The zero-order valence-electron chi connectivity index (χ0n) is 14.2. The van der Waals surface area contributed by atoms with E-state index in [2.05, 4.69) is 15.3 Å². The molecule has 128 valence electrons. The number of carbonyl (C=O) groups is 1. The molecule has 3 heterocycles. The highest BCUT2D eigenvalue weighted by Gasteiger charge is 2.30. The number of amides is 1. The Balaban J connectivity index is 1.54. The summed E-state index contributed by atoms with van der Waals surface area (Å²) >= 11 is 0. The van der Waals surface area contributed by atoms with Crippen LogP contribution >= 0.6 is 0 Å². The van der Waals surface area contributed by atoms with E-state index in [0.29, 0.717) is 5.69 Å². The van der Waals surface area contributed by atoms with Crippen molar-refractivity contribution in [3.8, 4) is 11.3 Å². The van der Waals surface area contributed by atoms with Gasteiger partial charge in [0, 0.05) is 24.5 Å². The molecule has 0 aliphatic carbocycles. The van der Waals surface area contributed by atoms with Crippen LogP contribution in [0.3, 0.4) is 0 Å². The third kappa shape index (κ3) is 3.07. The van der Waals surface area contributed by atoms with Gasteiger partial charge >= 0.3 is 0 Å². The molecule has 1 aliphatic heterocycles. The summed E-state index contributed by atoms with van der Waals surface area (Å²) in [5.41, 5.74) is 3.55. The topological polar surface area (TPSA) is 66.8 Å². The lowest BCUT2D eigenvalue weighted by Gasteiger charge is -2.24. The normalized spacial score (nSPS) is 17.2. The van der Waals surface area contributed by atoms with Crippen LogP contribution in [0.5, 0.6) is 0 Å². The predicted octanol–water partition coefficient (Wildman–Crippen LogP) is 2.89. The third-order valence-corrected chi connectivity index (χ3v) is 4.82. The molecule has 0 bridgehead atoms. The van der Waals surface area contributed by atoms with E-state index in [1.54, 1.807) is 6.20 Å². The van der Waals surface area contributed by atoms with Crippen LogP contribution in [0.4, 0.5) is 0 Å². The number of benzene rings is 1. The molecule has 1 amide bonds. The fourth-order valence-corrected chi connectivity index (χ4v) is 3.50. The molecule has 0 radical (unpaired) electrons. The summed E-state index contributed by atoms with van der Waals surface area (Å²) in [6, 6.07) is 12.0. The van der Waals surface area contributed by atoms with Crippen LogP contribution in [0.2, 0.25) is 0 Å². The predicted molar refractivity (Wildman–Crippen MR) is 95.0 cm³/mol. The number of nitrogens with one attached hydrogen (secondary N) is 1. The largest absolute Gasteiger partial charge is 0.332 e. The van der Waals surface area contributed by atoms with Gasteiger partial charge in [0.1, 0.15) is 5.69 Å². The number of carbonyl (C=O) groups excluding carboxylic acids is 1. The van der Waals surface area contributed by atoms with Crippen LogP contribution in [-0.2, 0) is 6.54 Å². The first-order valence-corrected chi connectivity index (χ1v) is 8.62. The minimum Gasteiger partial charge on any atom is -0.332 e. The summed E-state index contributed by atoms with van der Waals surface area (Å²) in [6.07, 6.45) is 5.73. The monoisotopic (exact) mass is 335 g/mol. The van der Waals surface area contributed by atoms with Crippen LogP contribution in [0.25, 0.3) is 11.3 Å². The van der Waals surface area contributed by atoms with Gasteiger partial charge in [0.25, 0.3) is 5.91 Å². The Hall–Kier alpha value is -2.89. The van der Waals surface area contributed by atoms with Crippen molar-refractivity contribution in [1.82, 2.24) is 24.9 Å². The molecule has 6 nitrogen and oxygen atoms in total. The van der Waals surface area contributed by atoms with Gasteiger partial charge in [0.2, 0.25) is 0 Å². The molecule has 0 saturated carbocycles. The first-order valence-electron chi connectivity index (χ1n) is 8.62. The second-order valence-corrected chi connectivity index (χ2v) is 6.50. The maximum absolute atomic E-state index is 12.9. The first-order chi connectivity index (χ1) is 12.2. The zero-order valence-corrected chi connectivity index (χ0v) is 14.2. The highest BCUT2D eigenvalue weighted by Crippen LogP contribution is 2.24. The Kier molecular flexibility index (Phi) is 4.09. The van der Waals surface area contributed by atoms with Gasteiger partial charge in [-0.1, -0.05) is 24.3 Å². The number of likely N-dealkylation sites (tertiary alicyclic amines) is 1. The highest BCUT2D eigenvalue weighted by atomic mass is 16.2. The Morgan fingerprint density at radius 3 is 3.00 bits per heavy atom. The van der Waals surface area contributed by atoms with E-state index in [1.807, 2.05) is 59.1 Å². The van der Waals surface area contributed by atoms with Crippen LogP contribution in [0, 0.1) is 6.92 Å². The Labute approximate surface area is 146 Å². The van der Waals surface area contributed by atoms with Crippen molar-refractivity contribution < 1.29 is 4.79 Å². The quantitative estimate of drug-likeness (QED) is 0.797. The van der Waals surface area contributed by atoms with Gasteiger partial charge < -0.3 is 4.90 Å². The van der Waals surface area contributed by atoms with Gasteiger partial charge in [-0.15, -0.1) is 0 Å². The van der Waals surface area contributed by atoms with E-state index < -0.39 is 0 Å². The fourth-order valence-electron chi connectivity index (χ4n) is 3.50. The SMILES string of the molecule is Cc1ccccc1-c1cc(C(=O)N2CCC[C@@H]2Cn2cccn2)[nH]n1. The maximum Gasteiger partial charge on any atom is 0.272 e. The second-order valence-electron chi connectivity index (χ2n) is 6.50. The molecule has 1 fully saturated rings. The Morgan fingerprint density at radius 1 is 1.32 bits per heavy atom. The lowest BCUT2D eigenvalue weighted by molar-refractivity contribution is 0.0715. The second kappa shape index (κ2) is 6.55. The van der Waals surface area contributed by atoms with Crippen LogP contribution < -0.4 is 0 Å². The summed E-state index contributed by atoms with van der Waals surface area (Å²) in [6.45, 7) is 3.56. The molecule has 1 aliphatic rings. The molecule has 1 saturated heterocycles. The van der Waals surface area contributed by atoms with Crippen molar-refractivity contribution in [2.45, 2.75) is 32.4 Å². The minimum atomic E-state index is 0.0157. The van der Waals surface area contributed by atoms with E-state index in [4.69, 9.17) is 0 Å². The Bertz CT molecular complexity index is 868. The summed E-state index contributed by atoms with van der Waals surface area (Å²) < 4.78 is 1.89. The van der Waals surface area contributed by atoms with Crippen molar-refractivity contribution in [3.05, 3.63) is 60.0 Å². The highest BCUT2D eigenvalue weighted by molar-refractivity contribution is 5.93. The molecular weight excluding hydrogens is 314 g/mol. The van der Waals surface area contributed by atoms with Crippen LogP contribution in [-0.4, -0.2) is 43.4 Å². The molecule has 25 heavy (non-hydrogen) atoms. The van der Waals surface area contributed by atoms with Crippen LogP contribution in [0.1, 0.15) is 28.9 Å². The van der Waals surface area contributed by atoms with Crippen molar-refractivity contribution in [3.63, 3.8) is 0 Å². The fraction of sp³-hybridized carbons (Fsp3) is 0.316. The van der Waals surface area contributed by atoms with Gasteiger partial charge in [-0.3, -0.25) is 14.6 Å². The number of aromatic nitrogens is 4. The lowest BCUT2D eigenvalue weighted by Crippen LogP contribution is -2.38. The maximum atomic E-state index is 12.9. The van der Waals surface area contributed by atoms with Crippen molar-refractivity contribution >= 4 is 5.91 Å². The summed E-state index contributed by atoms with van der Waals surface area (Å²) in [7, 11) is 0. The van der Waals surface area contributed by atoms with E-state index in [1.165, 1.54) is 0 Å². The zero-order chi connectivity index (χ0) is 17.2. The molecule has 2 aromatic heterocycles. The molecule has 4 rings (SSSR count). The van der Waals surface area contributed by atoms with Crippen molar-refractivity contribution in [2.75, 3.05) is 6.54 Å². The minimum absolute atomic E-state index is 0.0157. The van der Waals surface area contributed by atoms with E-state index in [0.717, 1.165) is 42.8 Å². The van der Waals surface area contributed by atoms with Gasteiger partial charge in [-0.2, -0.15) is 10.2 Å². The first kappa shape index (κ1) is 15.6.